The monoisotopic (exact) mass is 300 g/mol. The Bertz CT molecular complexity index is 620. The Morgan fingerprint density at radius 2 is 2.18 bits per heavy atom. The second-order valence-corrected chi connectivity index (χ2v) is 5.99. The summed E-state index contributed by atoms with van der Waals surface area (Å²) in [6.45, 7) is 9.92. The second kappa shape index (κ2) is 6.48. The van der Waals surface area contributed by atoms with E-state index in [-0.39, 0.29) is 0 Å². The number of rotatable bonds is 5. The lowest BCUT2D eigenvalue weighted by Gasteiger charge is -2.17. The lowest BCUT2D eigenvalue weighted by Crippen LogP contribution is -2.22. The number of aryl methyl sites for hydroxylation is 2. The van der Waals surface area contributed by atoms with Crippen molar-refractivity contribution in [2.45, 2.75) is 39.8 Å². The highest BCUT2D eigenvalue weighted by atomic mass is 16.5. The molecule has 0 aliphatic carbocycles. The third-order valence-corrected chi connectivity index (χ3v) is 4.13. The van der Waals surface area contributed by atoms with Gasteiger partial charge in [0.2, 0.25) is 5.88 Å². The van der Waals surface area contributed by atoms with Crippen molar-refractivity contribution in [2.24, 2.45) is 0 Å². The lowest BCUT2D eigenvalue weighted by atomic mass is 10.2. The van der Waals surface area contributed by atoms with Gasteiger partial charge in [0.25, 0.3) is 0 Å². The first-order chi connectivity index (χ1) is 10.7. The Balaban J connectivity index is 1.60. The number of hydrogen-bond donors (Lipinski definition) is 0. The molecule has 0 aromatic carbocycles. The molecule has 0 radical (unpaired) electrons. The molecule has 0 spiro atoms. The van der Waals surface area contributed by atoms with Crippen molar-refractivity contribution in [3.63, 3.8) is 0 Å². The molecule has 0 saturated carbocycles. The molecule has 1 aliphatic rings. The second-order valence-electron chi connectivity index (χ2n) is 5.99. The lowest BCUT2D eigenvalue weighted by molar-refractivity contribution is 0.308. The highest BCUT2D eigenvalue weighted by molar-refractivity contribution is 5.18. The van der Waals surface area contributed by atoms with Crippen LogP contribution in [0.5, 0.6) is 5.88 Å². The zero-order valence-corrected chi connectivity index (χ0v) is 13.6. The van der Waals surface area contributed by atoms with Crippen LogP contribution in [0.15, 0.2) is 24.4 Å². The van der Waals surface area contributed by atoms with Gasteiger partial charge < -0.3 is 4.74 Å². The molecule has 2 aromatic rings. The van der Waals surface area contributed by atoms with E-state index >= 15 is 0 Å². The van der Waals surface area contributed by atoms with Crippen LogP contribution in [-0.2, 0) is 6.54 Å². The fourth-order valence-electron chi connectivity index (χ4n) is 3.17. The third-order valence-electron chi connectivity index (χ3n) is 4.13. The van der Waals surface area contributed by atoms with Crippen molar-refractivity contribution in [1.82, 2.24) is 19.7 Å². The average Bonchev–Trinajstić information content (AvgIpc) is 3.07. The predicted molar refractivity (Wildman–Crippen MR) is 86.0 cm³/mol. The first kappa shape index (κ1) is 15.0. The van der Waals surface area contributed by atoms with E-state index < -0.39 is 0 Å². The number of ether oxygens (including phenoxy) is 1. The van der Waals surface area contributed by atoms with Crippen LogP contribution in [0.25, 0.3) is 0 Å². The summed E-state index contributed by atoms with van der Waals surface area (Å²) in [5, 5.41) is 4.63. The minimum absolute atomic E-state index is 0.490. The predicted octanol–water partition coefficient (Wildman–Crippen LogP) is 2.74. The molecule has 3 rings (SSSR count). The van der Waals surface area contributed by atoms with Gasteiger partial charge in [0.05, 0.1) is 18.3 Å². The molecule has 1 aliphatic heterocycles. The van der Waals surface area contributed by atoms with Crippen LogP contribution in [-0.4, -0.2) is 39.4 Å². The molecule has 3 heterocycles. The van der Waals surface area contributed by atoms with Gasteiger partial charge in [-0.15, -0.1) is 0 Å². The van der Waals surface area contributed by atoms with Gasteiger partial charge in [0.15, 0.2) is 0 Å². The van der Waals surface area contributed by atoms with Crippen LogP contribution >= 0.6 is 0 Å². The molecule has 0 N–H and O–H groups in total. The SMILES string of the molecule is CCOc1ccc(CN2CC[C@@H](n3nc(C)cc3C)C2)cn1. The van der Waals surface area contributed by atoms with E-state index in [1.165, 1.54) is 11.3 Å². The van der Waals surface area contributed by atoms with E-state index in [2.05, 4.69) is 45.6 Å². The third kappa shape index (κ3) is 3.30. The summed E-state index contributed by atoms with van der Waals surface area (Å²) in [6, 6.07) is 6.70. The maximum atomic E-state index is 5.38. The largest absolute Gasteiger partial charge is 0.478 e. The van der Waals surface area contributed by atoms with Crippen molar-refractivity contribution in [3.8, 4) is 5.88 Å². The highest BCUT2D eigenvalue weighted by Crippen LogP contribution is 2.24. The highest BCUT2D eigenvalue weighted by Gasteiger charge is 2.25. The molecule has 1 fully saturated rings. The van der Waals surface area contributed by atoms with Gasteiger partial charge in [0, 0.05) is 37.6 Å². The summed E-state index contributed by atoms with van der Waals surface area (Å²) in [7, 11) is 0. The van der Waals surface area contributed by atoms with E-state index in [1.807, 2.05) is 19.2 Å². The van der Waals surface area contributed by atoms with Gasteiger partial charge in [-0.3, -0.25) is 9.58 Å². The number of pyridine rings is 1. The summed E-state index contributed by atoms with van der Waals surface area (Å²) < 4.78 is 7.57. The van der Waals surface area contributed by atoms with Crippen molar-refractivity contribution in [1.29, 1.82) is 0 Å². The van der Waals surface area contributed by atoms with Crippen LogP contribution in [0.3, 0.4) is 0 Å². The summed E-state index contributed by atoms with van der Waals surface area (Å²) in [5.41, 5.74) is 3.59. The van der Waals surface area contributed by atoms with Crippen LogP contribution < -0.4 is 4.74 Å². The molecule has 22 heavy (non-hydrogen) atoms. The molecule has 1 saturated heterocycles. The summed E-state index contributed by atoms with van der Waals surface area (Å²) in [4.78, 5) is 6.81. The van der Waals surface area contributed by atoms with Crippen LogP contribution in [0, 0.1) is 13.8 Å². The Morgan fingerprint density at radius 1 is 1.32 bits per heavy atom. The fraction of sp³-hybridized carbons (Fsp3) is 0.529. The van der Waals surface area contributed by atoms with E-state index in [4.69, 9.17) is 4.74 Å². The van der Waals surface area contributed by atoms with E-state index in [0.29, 0.717) is 18.5 Å². The van der Waals surface area contributed by atoms with Crippen molar-refractivity contribution < 1.29 is 4.74 Å². The quantitative estimate of drug-likeness (QED) is 0.851. The molecule has 0 amide bonds. The number of aromatic nitrogens is 3. The molecule has 2 aromatic heterocycles. The Hall–Kier alpha value is -1.88. The smallest absolute Gasteiger partial charge is 0.213 e. The van der Waals surface area contributed by atoms with E-state index in [9.17, 15) is 0 Å². The Labute approximate surface area is 131 Å². The van der Waals surface area contributed by atoms with Gasteiger partial charge in [-0.1, -0.05) is 6.07 Å². The molecule has 0 bridgehead atoms. The van der Waals surface area contributed by atoms with Crippen molar-refractivity contribution in [2.75, 3.05) is 19.7 Å². The van der Waals surface area contributed by atoms with Crippen molar-refractivity contribution >= 4 is 0 Å². The van der Waals surface area contributed by atoms with Crippen LogP contribution in [0.1, 0.15) is 36.3 Å². The zero-order chi connectivity index (χ0) is 15.5. The minimum atomic E-state index is 0.490. The Morgan fingerprint density at radius 3 is 2.82 bits per heavy atom. The normalized spacial score (nSPS) is 18.8. The maximum Gasteiger partial charge on any atom is 0.213 e. The molecular weight excluding hydrogens is 276 g/mol. The zero-order valence-electron chi connectivity index (χ0n) is 13.6. The van der Waals surface area contributed by atoms with Gasteiger partial charge >= 0.3 is 0 Å². The first-order valence-corrected chi connectivity index (χ1v) is 7.98. The van der Waals surface area contributed by atoms with E-state index in [1.54, 1.807) is 0 Å². The molecule has 118 valence electrons. The van der Waals surface area contributed by atoms with E-state index in [0.717, 1.165) is 31.7 Å². The van der Waals surface area contributed by atoms with Gasteiger partial charge in [-0.2, -0.15) is 5.10 Å². The minimum Gasteiger partial charge on any atom is -0.478 e. The standard InChI is InChI=1S/C17H24N4O/c1-4-22-17-6-5-15(10-18-17)11-20-8-7-16(12-20)21-14(3)9-13(2)19-21/h5-6,9-10,16H,4,7-8,11-12H2,1-3H3/t16-/m1/s1. The fourth-order valence-corrected chi connectivity index (χ4v) is 3.17. The average molecular weight is 300 g/mol. The number of hydrogen-bond acceptors (Lipinski definition) is 4. The topological polar surface area (TPSA) is 43.2 Å². The van der Waals surface area contributed by atoms with Crippen LogP contribution in [0.4, 0.5) is 0 Å². The van der Waals surface area contributed by atoms with Gasteiger partial charge in [-0.25, -0.2) is 4.98 Å². The molecule has 1 atom stereocenters. The summed E-state index contributed by atoms with van der Waals surface area (Å²) in [6.07, 6.45) is 3.08. The molecule has 5 nitrogen and oxygen atoms in total. The molecule has 0 unspecified atom stereocenters. The van der Waals surface area contributed by atoms with Gasteiger partial charge in [-0.05, 0) is 38.8 Å². The summed E-state index contributed by atoms with van der Waals surface area (Å²) in [5.74, 6) is 0.702. The molecular formula is C17H24N4O. The first-order valence-electron chi connectivity index (χ1n) is 7.98. The summed E-state index contributed by atoms with van der Waals surface area (Å²) >= 11 is 0. The Kier molecular flexibility index (Phi) is 4.43. The van der Waals surface area contributed by atoms with Crippen molar-refractivity contribution in [3.05, 3.63) is 41.3 Å². The van der Waals surface area contributed by atoms with Crippen LogP contribution in [0.2, 0.25) is 0 Å². The maximum absolute atomic E-state index is 5.38. The van der Waals surface area contributed by atoms with Gasteiger partial charge in [0.1, 0.15) is 0 Å². The number of likely N-dealkylation sites (tertiary alicyclic amines) is 1. The number of nitrogens with zero attached hydrogens (tertiary/aromatic N) is 4. The molecule has 5 heteroatoms.